The van der Waals surface area contributed by atoms with Crippen LogP contribution in [0.5, 0.6) is 0 Å². The van der Waals surface area contributed by atoms with Gasteiger partial charge in [-0.1, -0.05) is 58.0 Å². The summed E-state index contributed by atoms with van der Waals surface area (Å²) in [6.45, 7) is 7.74. The number of carbonyl (C=O) groups is 1. The van der Waals surface area contributed by atoms with Crippen LogP contribution >= 0.6 is 0 Å². The third-order valence-corrected chi connectivity index (χ3v) is 7.99. The molecule has 0 heterocycles. The first kappa shape index (κ1) is 14.1. The van der Waals surface area contributed by atoms with Crippen molar-refractivity contribution in [1.29, 1.82) is 0 Å². The first-order valence-corrected chi connectivity index (χ1v) is 7.95. The Kier molecular flexibility index (Phi) is 4.62. The highest BCUT2D eigenvalue weighted by Gasteiger charge is 2.51. The first-order valence-electron chi connectivity index (χ1n) is 5.89. The molecule has 0 unspecified atom stereocenters. The van der Waals surface area contributed by atoms with E-state index in [9.17, 15) is 10.1 Å². The second-order valence-corrected chi connectivity index (χ2v) is 9.42. The Hall–Kier alpha value is -0.973. The van der Waals surface area contributed by atoms with Crippen molar-refractivity contribution in [3.8, 4) is 0 Å². The van der Waals surface area contributed by atoms with E-state index in [1.807, 2.05) is 45.9 Å². The molecule has 1 aromatic carbocycles. The van der Waals surface area contributed by atoms with Gasteiger partial charge in [-0.2, -0.15) is 0 Å². The van der Waals surface area contributed by atoms with Crippen molar-refractivity contribution in [1.82, 2.24) is 0 Å². The van der Waals surface area contributed by atoms with E-state index in [2.05, 4.69) is 0 Å². The lowest BCUT2D eigenvalue weighted by Crippen LogP contribution is -2.52. The summed E-state index contributed by atoms with van der Waals surface area (Å²) >= 11 is 0. The standard InChI is InChI=1S/C13H20O3Si/c1-10(2)17(16-15,11(3)4)13(14)12-8-6-5-7-9-12/h5-11,15H,1-4H3. The Morgan fingerprint density at radius 2 is 1.59 bits per heavy atom. The minimum Gasteiger partial charge on any atom is -0.297 e. The number of carbonyl (C=O) groups excluding carboxylic acids is 1. The third-order valence-electron chi connectivity index (χ3n) is 3.26. The molecule has 0 radical (unpaired) electrons. The molecular formula is C13H20O3Si. The zero-order valence-electron chi connectivity index (χ0n) is 10.8. The van der Waals surface area contributed by atoms with Crippen LogP contribution in [0.2, 0.25) is 11.1 Å². The Labute approximate surface area is 103 Å². The molecule has 0 aliphatic carbocycles. The maximum atomic E-state index is 12.6. The highest BCUT2D eigenvalue weighted by Crippen LogP contribution is 2.35. The molecule has 0 bridgehead atoms. The summed E-state index contributed by atoms with van der Waals surface area (Å²) < 4.78 is 4.77. The van der Waals surface area contributed by atoms with Crippen LogP contribution in [-0.4, -0.2) is 19.0 Å². The lowest BCUT2D eigenvalue weighted by atomic mass is 10.2. The smallest absolute Gasteiger partial charge is 0.297 e. The molecule has 0 amide bonds. The van der Waals surface area contributed by atoms with Crippen molar-refractivity contribution < 1.29 is 14.6 Å². The second kappa shape index (κ2) is 5.58. The van der Waals surface area contributed by atoms with E-state index in [0.717, 1.165) is 0 Å². The molecule has 0 saturated heterocycles. The van der Waals surface area contributed by atoms with Gasteiger partial charge in [0, 0.05) is 5.56 Å². The fraction of sp³-hybridized carbons (Fsp3) is 0.462. The number of hydrogen-bond donors (Lipinski definition) is 1. The average Bonchev–Trinajstić information content (AvgIpc) is 2.30. The number of hydrogen-bond acceptors (Lipinski definition) is 3. The van der Waals surface area contributed by atoms with Crippen LogP contribution in [0.25, 0.3) is 0 Å². The van der Waals surface area contributed by atoms with Crippen LogP contribution in [-0.2, 0) is 4.58 Å². The SMILES string of the molecule is CC(C)[Si](OO)(C(=O)c1ccccc1)C(C)C. The van der Waals surface area contributed by atoms with Crippen molar-refractivity contribution in [2.75, 3.05) is 0 Å². The van der Waals surface area contributed by atoms with E-state index in [1.54, 1.807) is 12.1 Å². The summed E-state index contributed by atoms with van der Waals surface area (Å²) in [7, 11) is -2.85. The molecule has 4 heteroatoms. The van der Waals surface area contributed by atoms with Gasteiger partial charge in [-0.3, -0.25) is 14.6 Å². The fourth-order valence-electron chi connectivity index (χ4n) is 2.26. The lowest BCUT2D eigenvalue weighted by Gasteiger charge is -2.33. The van der Waals surface area contributed by atoms with Crippen molar-refractivity contribution in [2.45, 2.75) is 38.8 Å². The fourth-order valence-corrected chi connectivity index (χ4v) is 5.76. The highest BCUT2D eigenvalue weighted by atomic mass is 28.4. The van der Waals surface area contributed by atoms with Gasteiger partial charge >= 0.3 is 8.32 Å². The van der Waals surface area contributed by atoms with E-state index in [1.165, 1.54) is 0 Å². The Morgan fingerprint density at radius 1 is 1.12 bits per heavy atom. The van der Waals surface area contributed by atoms with E-state index in [4.69, 9.17) is 4.58 Å². The monoisotopic (exact) mass is 252 g/mol. The van der Waals surface area contributed by atoms with Crippen LogP contribution < -0.4 is 0 Å². The number of benzene rings is 1. The molecule has 0 fully saturated rings. The predicted molar refractivity (Wildman–Crippen MR) is 70.4 cm³/mol. The van der Waals surface area contributed by atoms with Gasteiger partial charge in [-0.05, 0) is 11.1 Å². The summed E-state index contributed by atoms with van der Waals surface area (Å²) in [5.41, 5.74) is 0.677. The van der Waals surface area contributed by atoms with Gasteiger partial charge < -0.3 is 0 Å². The molecule has 0 aliphatic heterocycles. The van der Waals surface area contributed by atoms with E-state index >= 15 is 0 Å². The first-order chi connectivity index (χ1) is 7.96. The third kappa shape index (κ3) is 2.49. The molecule has 0 atom stereocenters. The average molecular weight is 252 g/mol. The predicted octanol–water partition coefficient (Wildman–Crippen LogP) is 3.66. The minimum absolute atomic E-state index is 0.0280. The van der Waals surface area contributed by atoms with Crippen molar-refractivity contribution in [3.63, 3.8) is 0 Å². The second-order valence-electron chi connectivity index (χ2n) is 4.89. The zero-order chi connectivity index (χ0) is 13.1. The minimum atomic E-state index is -2.85. The summed E-state index contributed by atoms with van der Waals surface area (Å²) in [5, 5.41) is 9.25. The summed E-state index contributed by atoms with van der Waals surface area (Å²) in [5.74, 6) is 0. The van der Waals surface area contributed by atoms with Gasteiger partial charge in [0.15, 0.2) is 5.41 Å². The van der Waals surface area contributed by atoms with Gasteiger partial charge in [0.05, 0.1) is 0 Å². The van der Waals surface area contributed by atoms with Gasteiger partial charge in [-0.25, -0.2) is 0 Å². The van der Waals surface area contributed by atoms with E-state index in [0.29, 0.717) is 5.56 Å². The summed E-state index contributed by atoms with van der Waals surface area (Å²) in [4.78, 5) is 12.6. The molecule has 3 nitrogen and oxygen atoms in total. The zero-order valence-corrected chi connectivity index (χ0v) is 11.8. The Morgan fingerprint density at radius 3 is 1.94 bits per heavy atom. The number of rotatable bonds is 5. The molecule has 94 valence electrons. The van der Waals surface area contributed by atoms with E-state index in [-0.39, 0.29) is 16.5 Å². The molecule has 0 spiro atoms. The normalized spacial score (nSPS) is 12.2. The maximum Gasteiger partial charge on any atom is 0.319 e. The molecule has 1 rings (SSSR count). The van der Waals surface area contributed by atoms with Gasteiger partial charge in [0.2, 0.25) is 0 Å². The quantitative estimate of drug-likeness (QED) is 0.494. The maximum absolute atomic E-state index is 12.6. The van der Waals surface area contributed by atoms with Crippen LogP contribution in [0, 0.1) is 0 Å². The van der Waals surface area contributed by atoms with Gasteiger partial charge in [0.25, 0.3) is 0 Å². The summed E-state index contributed by atoms with van der Waals surface area (Å²) in [6, 6.07) is 9.06. The van der Waals surface area contributed by atoms with Crippen molar-refractivity contribution in [3.05, 3.63) is 35.9 Å². The molecule has 1 aromatic rings. The van der Waals surface area contributed by atoms with Gasteiger partial charge in [0.1, 0.15) is 0 Å². The summed E-state index contributed by atoms with van der Waals surface area (Å²) in [6.07, 6.45) is 0. The van der Waals surface area contributed by atoms with Crippen LogP contribution in [0.1, 0.15) is 38.1 Å². The molecule has 17 heavy (non-hydrogen) atoms. The van der Waals surface area contributed by atoms with Crippen LogP contribution in [0.4, 0.5) is 0 Å². The van der Waals surface area contributed by atoms with Crippen LogP contribution in [0.15, 0.2) is 30.3 Å². The molecule has 0 saturated carbocycles. The van der Waals surface area contributed by atoms with Crippen molar-refractivity contribution in [2.24, 2.45) is 0 Å². The highest BCUT2D eigenvalue weighted by molar-refractivity contribution is 7.05. The Bertz CT molecular complexity index is 366. The Balaban J connectivity index is 3.21. The molecular weight excluding hydrogens is 232 g/mol. The van der Waals surface area contributed by atoms with Crippen molar-refractivity contribution >= 4 is 13.7 Å². The molecule has 0 aromatic heterocycles. The van der Waals surface area contributed by atoms with E-state index < -0.39 is 8.32 Å². The van der Waals surface area contributed by atoms with Crippen LogP contribution in [0.3, 0.4) is 0 Å². The topological polar surface area (TPSA) is 46.5 Å². The lowest BCUT2D eigenvalue weighted by molar-refractivity contribution is -0.153. The van der Waals surface area contributed by atoms with Gasteiger partial charge in [-0.15, -0.1) is 0 Å². The molecule has 1 N–H and O–H groups in total. The largest absolute Gasteiger partial charge is 0.319 e. The molecule has 0 aliphatic rings.